The maximum absolute atomic E-state index is 2.45. The standard InChI is InChI=1S/C30H22S/c1-17-12-19-8-9-20-14-21(16-25-29(20)28(19)24(13-17)30(25,2)3)18-10-11-27-23(15-18)22-6-4-5-7-26(22)31-27/h4-16H,1-3H3. The van der Waals surface area contributed by atoms with Crippen molar-refractivity contribution in [2.75, 3.05) is 0 Å². The molecule has 0 N–H and O–H groups in total. The van der Waals surface area contributed by atoms with Gasteiger partial charge in [0.05, 0.1) is 0 Å². The van der Waals surface area contributed by atoms with Crippen molar-refractivity contribution in [2.24, 2.45) is 0 Å². The average molecular weight is 415 g/mol. The summed E-state index contributed by atoms with van der Waals surface area (Å²) >= 11 is 1.88. The number of rotatable bonds is 1. The predicted molar refractivity (Wildman–Crippen MR) is 137 cm³/mol. The van der Waals surface area contributed by atoms with Crippen LogP contribution < -0.4 is 0 Å². The molecule has 5 aromatic carbocycles. The van der Waals surface area contributed by atoms with E-state index in [1.54, 1.807) is 0 Å². The van der Waals surface area contributed by atoms with Crippen LogP contribution in [0.4, 0.5) is 0 Å². The molecule has 0 radical (unpaired) electrons. The minimum atomic E-state index is 0.0153. The average Bonchev–Trinajstić information content (AvgIpc) is 3.25. The molecule has 148 valence electrons. The lowest BCUT2D eigenvalue weighted by atomic mass is 9.80. The van der Waals surface area contributed by atoms with Gasteiger partial charge in [-0.1, -0.05) is 67.9 Å². The van der Waals surface area contributed by atoms with Crippen molar-refractivity contribution in [3.8, 4) is 11.1 Å². The Morgan fingerprint density at radius 2 is 1.32 bits per heavy atom. The minimum absolute atomic E-state index is 0.0153. The van der Waals surface area contributed by atoms with Crippen molar-refractivity contribution in [3.05, 3.63) is 95.6 Å². The molecule has 7 rings (SSSR count). The lowest BCUT2D eigenvalue weighted by molar-refractivity contribution is 0.662. The van der Waals surface area contributed by atoms with E-state index in [-0.39, 0.29) is 5.41 Å². The molecule has 0 saturated carbocycles. The Hall–Kier alpha value is -3.16. The zero-order valence-electron chi connectivity index (χ0n) is 17.9. The third-order valence-electron chi connectivity index (χ3n) is 7.23. The number of fused-ring (bicyclic) bond motifs is 3. The molecule has 1 heteroatoms. The van der Waals surface area contributed by atoms with Crippen LogP contribution in [0.2, 0.25) is 0 Å². The monoisotopic (exact) mass is 414 g/mol. The van der Waals surface area contributed by atoms with Gasteiger partial charge in [-0.15, -0.1) is 11.3 Å². The van der Waals surface area contributed by atoms with Gasteiger partial charge in [-0.05, 0) is 81.1 Å². The largest absolute Gasteiger partial charge is 0.135 e. The van der Waals surface area contributed by atoms with Crippen LogP contribution in [0, 0.1) is 6.92 Å². The third kappa shape index (κ3) is 2.25. The molecular formula is C30H22S. The fourth-order valence-corrected chi connectivity index (χ4v) is 6.77. The molecule has 0 unspecified atom stereocenters. The number of hydrogen-bond acceptors (Lipinski definition) is 1. The van der Waals surface area contributed by atoms with Crippen LogP contribution in [-0.2, 0) is 5.41 Å². The summed E-state index contributed by atoms with van der Waals surface area (Å²) in [6, 6.07) is 29.9. The van der Waals surface area contributed by atoms with E-state index in [4.69, 9.17) is 0 Å². The fourth-order valence-electron chi connectivity index (χ4n) is 5.68. The SMILES string of the molecule is Cc1cc2c3c(ccc4cc(-c5ccc6sc7ccccc7c6c5)cc(c43)C2(C)C)c1. The number of aryl methyl sites for hydroxylation is 1. The van der Waals surface area contributed by atoms with Crippen molar-refractivity contribution in [3.63, 3.8) is 0 Å². The number of hydrogen-bond donors (Lipinski definition) is 0. The van der Waals surface area contributed by atoms with Gasteiger partial charge in [-0.25, -0.2) is 0 Å². The highest BCUT2D eigenvalue weighted by Gasteiger charge is 2.34. The van der Waals surface area contributed by atoms with Crippen molar-refractivity contribution >= 4 is 53.1 Å². The summed E-state index contributed by atoms with van der Waals surface area (Å²) in [5.41, 5.74) is 6.91. The van der Waals surface area contributed by atoms with Crippen LogP contribution in [0.15, 0.2) is 78.9 Å². The molecule has 0 aliphatic heterocycles. The Morgan fingerprint density at radius 1 is 0.613 bits per heavy atom. The molecule has 0 atom stereocenters. The summed E-state index contributed by atoms with van der Waals surface area (Å²) in [4.78, 5) is 0. The van der Waals surface area contributed by atoms with E-state index in [1.807, 2.05) is 11.3 Å². The highest BCUT2D eigenvalue weighted by molar-refractivity contribution is 7.25. The van der Waals surface area contributed by atoms with Crippen LogP contribution in [-0.4, -0.2) is 0 Å². The van der Waals surface area contributed by atoms with Crippen molar-refractivity contribution < 1.29 is 0 Å². The maximum Gasteiger partial charge on any atom is 0.0355 e. The Morgan fingerprint density at radius 3 is 2.16 bits per heavy atom. The second-order valence-corrected chi connectivity index (χ2v) is 10.6. The molecule has 1 aliphatic rings. The summed E-state index contributed by atoms with van der Waals surface area (Å²) in [5.74, 6) is 0. The molecule has 1 heterocycles. The van der Waals surface area contributed by atoms with Crippen LogP contribution in [0.5, 0.6) is 0 Å². The Balaban J connectivity index is 1.53. The minimum Gasteiger partial charge on any atom is -0.135 e. The predicted octanol–water partition coefficient (Wildman–Crippen LogP) is 8.98. The zero-order chi connectivity index (χ0) is 20.9. The third-order valence-corrected chi connectivity index (χ3v) is 8.38. The summed E-state index contributed by atoms with van der Waals surface area (Å²) in [5, 5.41) is 8.35. The topological polar surface area (TPSA) is 0 Å². The second kappa shape index (κ2) is 5.75. The maximum atomic E-state index is 2.45. The summed E-state index contributed by atoms with van der Waals surface area (Å²) in [6.07, 6.45) is 0. The highest BCUT2D eigenvalue weighted by Crippen LogP contribution is 2.50. The lowest BCUT2D eigenvalue weighted by Crippen LogP contribution is -2.15. The van der Waals surface area contributed by atoms with E-state index in [0.29, 0.717) is 0 Å². The van der Waals surface area contributed by atoms with E-state index >= 15 is 0 Å². The normalized spacial score (nSPS) is 14.5. The summed E-state index contributed by atoms with van der Waals surface area (Å²) in [6.45, 7) is 6.98. The first-order valence-corrected chi connectivity index (χ1v) is 11.8. The van der Waals surface area contributed by atoms with Gasteiger partial charge in [-0.2, -0.15) is 0 Å². The fraction of sp³-hybridized carbons (Fsp3) is 0.133. The van der Waals surface area contributed by atoms with Gasteiger partial charge in [0.2, 0.25) is 0 Å². The van der Waals surface area contributed by atoms with Gasteiger partial charge >= 0.3 is 0 Å². The molecule has 31 heavy (non-hydrogen) atoms. The van der Waals surface area contributed by atoms with Crippen LogP contribution in [0.1, 0.15) is 30.5 Å². The lowest BCUT2D eigenvalue weighted by Gasteiger charge is -2.23. The number of thiophene rings is 1. The van der Waals surface area contributed by atoms with E-state index in [9.17, 15) is 0 Å². The Bertz CT molecular complexity index is 1710. The van der Waals surface area contributed by atoms with Gasteiger partial charge in [0.1, 0.15) is 0 Å². The van der Waals surface area contributed by atoms with Gasteiger partial charge in [0.15, 0.2) is 0 Å². The first-order valence-electron chi connectivity index (χ1n) is 10.9. The van der Waals surface area contributed by atoms with Crippen molar-refractivity contribution in [1.82, 2.24) is 0 Å². The molecule has 0 fully saturated rings. The molecule has 1 aromatic heterocycles. The summed E-state index contributed by atoms with van der Waals surface area (Å²) in [7, 11) is 0. The van der Waals surface area contributed by atoms with Crippen molar-refractivity contribution in [1.29, 1.82) is 0 Å². The van der Waals surface area contributed by atoms with Gasteiger partial charge in [-0.3, -0.25) is 0 Å². The molecule has 0 nitrogen and oxygen atoms in total. The molecule has 0 saturated heterocycles. The van der Waals surface area contributed by atoms with Crippen LogP contribution in [0.25, 0.3) is 52.8 Å². The highest BCUT2D eigenvalue weighted by atomic mass is 32.1. The Labute approximate surface area is 185 Å². The van der Waals surface area contributed by atoms with E-state index in [2.05, 4.69) is 99.6 Å². The van der Waals surface area contributed by atoms with E-state index in [0.717, 1.165) is 0 Å². The first-order chi connectivity index (χ1) is 15.0. The first kappa shape index (κ1) is 17.5. The van der Waals surface area contributed by atoms with Crippen molar-refractivity contribution in [2.45, 2.75) is 26.2 Å². The quantitative estimate of drug-likeness (QED) is 0.235. The Kier molecular flexibility index (Phi) is 3.25. The molecule has 0 spiro atoms. The number of benzene rings is 5. The molecular weight excluding hydrogens is 392 g/mol. The molecule has 0 bridgehead atoms. The second-order valence-electron chi connectivity index (χ2n) is 9.53. The smallest absolute Gasteiger partial charge is 0.0355 e. The van der Waals surface area contributed by atoms with E-state index < -0.39 is 0 Å². The van der Waals surface area contributed by atoms with E-state index in [1.165, 1.54) is 69.5 Å². The zero-order valence-corrected chi connectivity index (χ0v) is 18.7. The van der Waals surface area contributed by atoms with Crippen LogP contribution >= 0.6 is 11.3 Å². The van der Waals surface area contributed by atoms with Gasteiger partial charge in [0, 0.05) is 25.6 Å². The molecule has 6 aromatic rings. The van der Waals surface area contributed by atoms with Crippen LogP contribution in [0.3, 0.4) is 0 Å². The molecule has 1 aliphatic carbocycles. The summed E-state index contributed by atoms with van der Waals surface area (Å²) < 4.78 is 2.72. The van der Waals surface area contributed by atoms with Gasteiger partial charge in [0.25, 0.3) is 0 Å². The van der Waals surface area contributed by atoms with Gasteiger partial charge < -0.3 is 0 Å². The molecule has 0 amide bonds.